The summed E-state index contributed by atoms with van der Waals surface area (Å²) < 4.78 is 20.1. The SMILES string of the molecule is N#Cc1ccc(NC(=O)CSc2nnc(COc3ccccc3F)n2N)cc1Cl. The van der Waals surface area contributed by atoms with Gasteiger partial charge in [-0.3, -0.25) is 4.79 Å². The Hall–Kier alpha value is -3.29. The van der Waals surface area contributed by atoms with Gasteiger partial charge >= 0.3 is 0 Å². The van der Waals surface area contributed by atoms with E-state index >= 15 is 0 Å². The smallest absolute Gasteiger partial charge is 0.234 e. The van der Waals surface area contributed by atoms with E-state index in [0.717, 1.165) is 11.8 Å². The maximum atomic E-state index is 13.6. The molecule has 11 heteroatoms. The molecule has 0 unspecified atom stereocenters. The second kappa shape index (κ2) is 9.27. The number of hydrogen-bond donors (Lipinski definition) is 2. The average Bonchev–Trinajstić information content (AvgIpc) is 3.05. The number of nitriles is 1. The monoisotopic (exact) mass is 432 g/mol. The van der Waals surface area contributed by atoms with Crippen molar-refractivity contribution < 1.29 is 13.9 Å². The van der Waals surface area contributed by atoms with Crippen LogP contribution in [0, 0.1) is 17.1 Å². The van der Waals surface area contributed by atoms with Crippen molar-refractivity contribution in [2.45, 2.75) is 11.8 Å². The number of carbonyl (C=O) groups excluding carboxylic acids is 1. The molecule has 0 bridgehead atoms. The van der Waals surface area contributed by atoms with E-state index in [9.17, 15) is 9.18 Å². The molecule has 1 aromatic heterocycles. The summed E-state index contributed by atoms with van der Waals surface area (Å²) in [6.07, 6.45) is 0. The van der Waals surface area contributed by atoms with Gasteiger partial charge in [-0.05, 0) is 30.3 Å². The predicted octanol–water partition coefficient (Wildman–Crippen LogP) is 2.97. The topological polar surface area (TPSA) is 119 Å². The fourth-order valence-electron chi connectivity index (χ4n) is 2.22. The minimum absolute atomic E-state index is 0.0150. The summed E-state index contributed by atoms with van der Waals surface area (Å²) >= 11 is 7.01. The van der Waals surface area contributed by atoms with Gasteiger partial charge in [0.1, 0.15) is 12.7 Å². The number of benzene rings is 2. The molecule has 3 N–H and O–H groups in total. The molecular formula is C18H14ClFN6O2S. The maximum absolute atomic E-state index is 13.6. The number of anilines is 1. The lowest BCUT2D eigenvalue weighted by Gasteiger charge is -2.07. The molecule has 2 aromatic carbocycles. The first-order valence-electron chi connectivity index (χ1n) is 8.17. The second-order valence-corrected chi connectivity index (χ2v) is 6.98. The molecular weight excluding hydrogens is 419 g/mol. The van der Waals surface area contributed by atoms with E-state index in [-0.39, 0.29) is 34.9 Å². The summed E-state index contributed by atoms with van der Waals surface area (Å²) in [7, 11) is 0. The summed E-state index contributed by atoms with van der Waals surface area (Å²) in [5.41, 5.74) is 0.785. The number of aromatic nitrogens is 3. The van der Waals surface area contributed by atoms with Crippen LogP contribution in [0.5, 0.6) is 5.75 Å². The number of rotatable bonds is 7. The molecule has 3 aromatic rings. The molecule has 1 amide bonds. The van der Waals surface area contributed by atoms with Crippen LogP contribution in [0.4, 0.5) is 10.1 Å². The normalized spacial score (nSPS) is 10.4. The highest BCUT2D eigenvalue weighted by molar-refractivity contribution is 7.99. The first-order valence-corrected chi connectivity index (χ1v) is 9.53. The number of hydrogen-bond acceptors (Lipinski definition) is 7. The van der Waals surface area contributed by atoms with Gasteiger partial charge in [0.15, 0.2) is 17.4 Å². The Labute approximate surface area is 174 Å². The molecule has 0 aliphatic carbocycles. The molecule has 0 spiro atoms. The lowest BCUT2D eigenvalue weighted by atomic mass is 10.2. The molecule has 0 atom stereocenters. The number of para-hydroxylation sites is 1. The third-order valence-corrected chi connectivity index (χ3v) is 4.89. The first-order chi connectivity index (χ1) is 14.0. The van der Waals surface area contributed by atoms with Gasteiger partial charge in [-0.1, -0.05) is 35.5 Å². The Morgan fingerprint density at radius 3 is 2.86 bits per heavy atom. The molecule has 0 aliphatic heterocycles. The number of nitrogens with two attached hydrogens (primary N) is 1. The van der Waals surface area contributed by atoms with Gasteiger partial charge in [-0.15, -0.1) is 10.2 Å². The van der Waals surface area contributed by atoms with Crippen molar-refractivity contribution in [3.8, 4) is 11.8 Å². The van der Waals surface area contributed by atoms with Crippen molar-refractivity contribution in [1.29, 1.82) is 5.26 Å². The van der Waals surface area contributed by atoms with Crippen molar-refractivity contribution >= 4 is 35.0 Å². The number of amides is 1. The highest BCUT2D eigenvalue weighted by Crippen LogP contribution is 2.21. The van der Waals surface area contributed by atoms with Gasteiger partial charge < -0.3 is 15.9 Å². The molecule has 3 rings (SSSR count). The summed E-state index contributed by atoms with van der Waals surface area (Å²) in [4.78, 5) is 12.1. The van der Waals surface area contributed by atoms with E-state index in [1.54, 1.807) is 18.2 Å². The van der Waals surface area contributed by atoms with E-state index in [2.05, 4.69) is 15.5 Å². The minimum atomic E-state index is -0.496. The van der Waals surface area contributed by atoms with Crippen LogP contribution in [0.2, 0.25) is 5.02 Å². The highest BCUT2D eigenvalue weighted by atomic mass is 35.5. The van der Waals surface area contributed by atoms with Crippen molar-refractivity contribution in [2.75, 3.05) is 16.9 Å². The van der Waals surface area contributed by atoms with Crippen LogP contribution in [0.15, 0.2) is 47.6 Å². The van der Waals surface area contributed by atoms with Crippen LogP contribution in [0.25, 0.3) is 0 Å². The molecule has 0 saturated carbocycles. The van der Waals surface area contributed by atoms with Crippen molar-refractivity contribution in [1.82, 2.24) is 14.9 Å². The molecule has 29 heavy (non-hydrogen) atoms. The number of thioether (sulfide) groups is 1. The van der Waals surface area contributed by atoms with Crippen LogP contribution >= 0.6 is 23.4 Å². The number of nitrogens with zero attached hydrogens (tertiary/aromatic N) is 4. The zero-order chi connectivity index (χ0) is 20.8. The summed E-state index contributed by atoms with van der Waals surface area (Å²) in [5, 5.41) is 19.9. The minimum Gasteiger partial charge on any atom is -0.482 e. The zero-order valence-corrected chi connectivity index (χ0v) is 16.4. The van der Waals surface area contributed by atoms with E-state index in [4.69, 9.17) is 27.4 Å². The molecule has 148 valence electrons. The van der Waals surface area contributed by atoms with E-state index in [0.29, 0.717) is 16.4 Å². The number of nitrogens with one attached hydrogen (secondary N) is 1. The van der Waals surface area contributed by atoms with Crippen molar-refractivity contribution in [2.24, 2.45) is 0 Å². The third kappa shape index (κ3) is 5.16. The Bertz CT molecular complexity index is 1080. The van der Waals surface area contributed by atoms with Crippen molar-refractivity contribution in [3.63, 3.8) is 0 Å². The van der Waals surface area contributed by atoms with Gasteiger partial charge in [0, 0.05) is 5.69 Å². The van der Waals surface area contributed by atoms with Crippen LogP contribution in [-0.2, 0) is 11.4 Å². The maximum Gasteiger partial charge on any atom is 0.234 e. The highest BCUT2D eigenvalue weighted by Gasteiger charge is 2.14. The fourth-order valence-corrected chi connectivity index (χ4v) is 3.12. The first kappa shape index (κ1) is 20.4. The van der Waals surface area contributed by atoms with Crippen LogP contribution < -0.4 is 15.9 Å². The van der Waals surface area contributed by atoms with E-state index in [1.165, 1.54) is 28.9 Å². The van der Waals surface area contributed by atoms with Crippen LogP contribution in [-0.4, -0.2) is 26.5 Å². The van der Waals surface area contributed by atoms with Gasteiger partial charge in [0.2, 0.25) is 11.1 Å². The van der Waals surface area contributed by atoms with E-state index in [1.807, 2.05) is 6.07 Å². The molecule has 0 radical (unpaired) electrons. The summed E-state index contributed by atoms with van der Waals surface area (Å²) in [6, 6.07) is 12.5. The molecule has 0 fully saturated rings. The summed E-state index contributed by atoms with van der Waals surface area (Å²) in [6.45, 7) is -0.0824. The largest absolute Gasteiger partial charge is 0.482 e. The van der Waals surface area contributed by atoms with Crippen LogP contribution in [0.3, 0.4) is 0 Å². The van der Waals surface area contributed by atoms with Gasteiger partial charge in [0.25, 0.3) is 0 Å². The standard InChI is InChI=1S/C18H14ClFN6O2S/c19-13-7-12(6-5-11(13)8-21)23-17(27)10-29-18-25-24-16(26(18)22)9-28-15-4-2-1-3-14(15)20/h1-7H,9-10,22H2,(H,23,27). The number of nitrogen functional groups attached to an aromatic ring is 1. The Kier molecular flexibility index (Phi) is 6.54. The molecule has 0 aliphatic rings. The molecule has 1 heterocycles. The van der Waals surface area contributed by atoms with Gasteiger partial charge in [0.05, 0.1) is 16.3 Å². The lowest BCUT2D eigenvalue weighted by molar-refractivity contribution is -0.113. The van der Waals surface area contributed by atoms with Crippen molar-refractivity contribution in [3.05, 3.63) is 64.7 Å². The zero-order valence-electron chi connectivity index (χ0n) is 14.8. The van der Waals surface area contributed by atoms with Crippen LogP contribution in [0.1, 0.15) is 11.4 Å². The Balaban J connectivity index is 1.54. The van der Waals surface area contributed by atoms with Gasteiger partial charge in [-0.2, -0.15) is 5.26 Å². The summed E-state index contributed by atoms with van der Waals surface area (Å²) in [5.74, 6) is 5.46. The third-order valence-electron chi connectivity index (χ3n) is 3.63. The Morgan fingerprint density at radius 2 is 2.14 bits per heavy atom. The molecule has 0 saturated heterocycles. The number of ether oxygens (including phenoxy) is 1. The van der Waals surface area contributed by atoms with Gasteiger partial charge in [-0.25, -0.2) is 9.07 Å². The fraction of sp³-hybridized carbons (Fsp3) is 0.111. The lowest BCUT2D eigenvalue weighted by Crippen LogP contribution is -2.18. The molecule has 8 nitrogen and oxygen atoms in total. The Morgan fingerprint density at radius 1 is 1.34 bits per heavy atom. The quantitative estimate of drug-likeness (QED) is 0.435. The predicted molar refractivity (Wildman–Crippen MR) is 106 cm³/mol. The second-order valence-electron chi connectivity index (χ2n) is 5.63. The average molecular weight is 433 g/mol. The van der Waals surface area contributed by atoms with E-state index < -0.39 is 5.82 Å². The number of halogens is 2. The number of carbonyl (C=O) groups is 1.